The van der Waals surface area contributed by atoms with E-state index in [0.717, 1.165) is 10.9 Å². The average molecular weight is 664 g/mol. The van der Waals surface area contributed by atoms with Crippen molar-refractivity contribution in [1.29, 1.82) is 0 Å². The first-order valence-corrected chi connectivity index (χ1v) is 15.2. The third-order valence-electron chi connectivity index (χ3n) is 6.28. The zero-order chi connectivity index (χ0) is 29.8. The van der Waals surface area contributed by atoms with Crippen LogP contribution in [-0.4, -0.2) is 37.5 Å². The van der Waals surface area contributed by atoms with Crippen LogP contribution in [0.15, 0.2) is 55.9 Å². The Balaban J connectivity index is 2.00. The normalized spacial score (nSPS) is 15.0. The minimum Gasteiger partial charge on any atom is -0.496 e. The number of allylic oxidation sites excluding steroid dienone is 1. The van der Waals surface area contributed by atoms with Crippen molar-refractivity contribution in [3.63, 3.8) is 0 Å². The van der Waals surface area contributed by atoms with E-state index in [9.17, 15) is 9.59 Å². The second-order valence-corrected chi connectivity index (χ2v) is 11.8. The number of esters is 1. The highest BCUT2D eigenvalue weighted by Gasteiger charge is 2.36. The number of ether oxygens (including phenoxy) is 4. The van der Waals surface area contributed by atoms with Crippen LogP contribution in [0.25, 0.3) is 6.08 Å². The summed E-state index contributed by atoms with van der Waals surface area (Å²) in [4.78, 5) is 32.8. The van der Waals surface area contributed by atoms with Crippen LogP contribution in [0, 0.1) is 0 Å². The standard InChI is InChI=1S/C30H32BrClN2O6S/c1-7-9-21-25(29(36)39-8-2)26(19-15-18(31)10-11-22(19)37-5)34-28(35)24(41-30(34)33-21)14-17-12-20(32)27(40-16(3)4)23(13-17)38-6/h10-16,26H,7-9H2,1-6H3/b24-14+/t26-/m0/s1. The molecule has 0 N–H and O–H groups in total. The number of aromatic nitrogens is 1. The van der Waals surface area contributed by atoms with E-state index in [4.69, 9.17) is 35.5 Å². The fourth-order valence-corrected chi connectivity index (χ4v) is 6.32. The number of halogens is 2. The van der Waals surface area contributed by atoms with Crippen LogP contribution in [0.3, 0.4) is 0 Å². The van der Waals surface area contributed by atoms with Crippen molar-refractivity contribution >= 4 is 50.9 Å². The van der Waals surface area contributed by atoms with Crippen LogP contribution in [-0.2, 0) is 9.53 Å². The smallest absolute Gasteiger partial charge is 0.338 e. The number of fused-ring (bicyclic) bond motifs is 1. The number of methoxy groups -OCH3 is 2. The van der Waals surface area contributed by atoms with Crippen LogP contribution in [0.5, 0.6) is 17.2 Å². The fourth-order valence-electron chi connectivity index (χ4n) is 4.66. The first-order chi connectivity index (χ1) is 19.6. The molecule has 0 fully saturated rings. The number of thiazole rings is 1. The van der Waals surface area contributed by atoms with E-state index in [-0.39, 0.29) is 18.3 Å². The average Bonchev–Trinajstić information content (AvgIpc) is 3.23. The van der Waals surface area contributed by atoms with Crippen molar-refractivity contribution in [2.75, 3.05) is 20.8 Å². The molecule has 0 saturated heterocycles. The number of hydrogen-bond donors (Lipinski definition) is 0. The maximum absolute atomic E-state index is 14.1. The molecule has 218 valence electrons. The SMILES string of the molecule is CCCC1=C(C(=O)OCC)[C@H](c2cc(Br)ccc2OC)n2c(s/c(=C/c3cc(Cl)c(OC(C)C)c(OC)c3)c2=O)=N1. The van der Waals surface area contributed by atoms with Gasteiger partial charge in [-0.3, -0.25) is 9.36 Å². The molecule has 0 unspecified atom stereocenters. The van der Waals surface area contributed by atoms with Crippen molar-refractivity contribution < 1.29 is 23.7 Å². The van der Waals surface area contributed by atoms with Gasteiger partial charge in [-0.2, -0.15) is 0 Å². The Hall–Kier alpha value is -3.08. The Morgan fingerprint density at radius 2 is 1.90 bits per heavy atom. The molecule has 1 aliphatic heterocycles. The fraction of sp³-hybridized carbons (Fsp3) is 0.367. The molecule has 0 amide bonds. The van der Waals surface area contributed by atoms with Crippen LogP contribution >= 0.6 is 38.9 Å². The molecule has 41 heavy (non-hydrogen) atoms. The molecule has 0 spiro atoms. The van der Waals surface area contributed by atoms with Crippen molar-refractivity contribution in [1.82, 2.24) is 4.57 Å². The van der Waals surface area contributed by atoms with Crippen molar-refractivity contribution in [2.24, 2.45) is 4.99 Å². The summed E-state index contributed by atoms with van der Waals surface area (Å²) in [7, 11) is 3.09. The first-order valence-electron chi connectivity index (χ1n) is 13.2. The van der Waals surface area contributed by atoms with Gasteiger partial charge in [-0.1, -0.05) is 52.2 Å². The minimum absolute atomic E-state index is 0.100. The van der Waals surface area contributed by atoms with Crippen molar-refractivity contribution in [2.45, 2.75) is 52.7 Å². The Kier molecular flexibility index (Phi) is 9.99. The summed E-state index contributed by atoms with van der Waals surface area (Å²) in [5.41, 5.74) is 1.90. The summed E-state index contributed by atoms with van der Waals surface area (Å²) in [6.07, 6.45) is 2.93. The molecule has 2 aromatic carbocycles. The lowest BCUT2D eigenvalue weighted by Crippen LogP contribution is -2.40. The molecule has 0 saturated carbocycles. The van der Waals surface area contributed by atoms with E-state index < -0.39 is 12.0 Å². The summed E-state index contributed by atoms with van der Waals surface area (Å²) in [5.74, 6) is 0.910. The predicted molar refractivity (Wildman–Crippen MR) is 164 cm³/mol. The van der Waals surface area contributed by atoms with E-state index in [2.05, 4.69) is 15.9 Å². The van der Waals surface area contributed by atoms with E-state index in [1.54, 1.807) is 42.9 Å². The van der Waals surface area contributed by atoms with Gasteiger partial charge in [-0.15, -0.1) is 0 Å². The van der Waals surface area contributed by atoms with Gasteiger partial charge in [0.05, 0.1) is 47.8 Å². The maximum Gasteiger partial charge on any atom is 0.338 e. The van der Waals surface area contributed by atoms with Crippen LogP contribution in [0.1, 0.15) is 57.7 Å². The van der Waals surface area contributed by atoms with Gasteiger partial charge in [-0.05, 0) is 69.2 Å². The third-order valence-corrected chi connectivity index (χ3v) is 8.04. The third kappa shape index (κ3) is 6.39. The summed E-state index contributed by atoms with van der Waals surface area (Å²) in [6, 6.07) is 8.18. The minimum atomic E-state index is -0.804. The zero-order valence-corrected chi connectivity index (χ0v) is 26.9. The number of carbonyl (C=O) groups is 1. The number of rotatable bonds is 10. The zero-order valence-electron chi connectivity index (χ0n) is 23.7. The Labute approximate surface area is 256 Å². The molecule has 2 heterocycles. The molecule has 0 aliphatic carbocycles. The van der Waals surface area contributed by atoms with Gasteiger partial charge in [0.25, 0.3) is 5.56 Å². The van der Waals surface area contributed by atoms with E-state index in [0.29, 0.717) is 60.4 Å². The number of carbonyl (C=O) groups excluding carboxylic acids is 1. The number of benzene rings is 2. The Morgan fingerprint density at radius 1 is 1.17 bits per heavy atom. The van der Waals surface area contributed by atoms with E-state index >= 15 is 0 Å². The van der Waals surface area contributed by atoms with Gasteiger partial charge in [0.2, 0.25) is 0 Å². The lowest BCUT2D eigenvalue weighted by atomic mass is 9.93. The molecule has 0 radical (unpaired) electrons. The summed E-state index contributed by atoms with van der Waals surface area (Å²) in [6.45, 7) is 7.75. The van der Waals surface area contributed by atoms with Gasteiger partial charge in [0.15, 0.2) is 16.3 Å². The molecule has 8 nitrogen and oxygen atoms in total. The summed E-state index contributed by atoms with van der Waals surface area (Å²) in [5, 5.41) is 0.364. The Morgan fingerprint density at radius 3 is 2.54 bits per heavy atom. The highest BCUT2D eigenvalue weighted by Crippen LogP contribution is 2.39. The summed E-state index contributed by atoms with van der Waals surface area (Å²) < 4.78 is 25.3. The van der Waals surface area contributed by atoms with Gasteiger partial charge in [-0.25, -0.2) is 9.79 Å². The maximum atomic E-state index is 14.1. The topological polar surface area (TPSA) is 88.4 Å². The van der Waals surface area contributed by atoms with E-state index in [1.165, 1.54) is 18.4 Å². The molecule has 4 rings (SSSR count). The lowest BCUT2D eigenvalue weighted by molar-refractivity contribution is -0.139. The van der Waals surface area contributed by atoms with Gasteiger partial charge in [0.1, 0.15) is 11.8 Å². The van der Waals surface area contributed by atoms with Gasteiger partial charge >= 0.3 is 5.97 Å². The van der Waals surface area contributed by atoms with Crippen LogP contribution in [0.4, 0.5) is 0 Å². The molecule has 3 aromatic rings. The molecular weight excluding hydrogens is 632 g/mol. The second-order valence-electron chi connectivity index (χ2n) is 9.50. The highest BCUT2D eigenvalue weighted by atomic mass is 79.9. The molecule has 1 atom stereocenters. The lowest BCUT2D eigenvalue weighted by Gasteiger charge is -2.27. The number of hydrogen-bond acceptors (Lipinski definition) is 8. The first kappa shape index (κ1) is 30.9. The monoisotopic (exact) mass is 662 g/mol. The van der Waals surface area contributed by atoms with E-state index in [1.807, 2.05) is 32.9 Å². The summed E-state index contributed by atoms with van der Waals surface area (Å²) >= 11 is 11.3. The molecular formula is C30H32BrClN2O6S. The van der Waals surface area contributed by atoms with Crippen molar-refractivity contribution in [3.05, 3.63) is 81.9 Å². The second kappa shape index (κ2) is 13.3. The van der Waals surface area contributed by atoms with Gasteiger partial charge < -0.3 is 18.9 Å². The van der Waals surface area contributed by atoms with Crippen LogP contribution in [0.2, 0.25) is 5.02 Å². The largest absolute Gasteiger partial charge is 0.496 e. The molecule has 1 aromatic heterocycles. The molecule has 0 bridgehead atoms. The van der Waals surface area contributed by atoms with Crippen LogP contribution < -0.4 is 29.1 Å². The Bertz CT molecular complexity index is 1680. The highest BCUT2D eigenvalue weighted by molar-refractivity contribution is 9.10. The number of nitrogens with zero attached hydrogens (tertiary/aromatic N) is 2. The van der Waals surface area contributed by atoms with Gasteiger partial charge in [0, 0.05) is 10.0 Å². The van der Waals surface area contributed by atoms with Crippen molar-refractivity contribution in [3.8, 4) is 17.2 Å². The molecule has 11 heteroatoms. The molecule has 1 aliphatic rings. The quantitative estimate of drug-likeness (QED) is 0.255. The predicted octanol–water partition coefficient (Wildman–Crippen LogP) is 5.80.